The number of nitrogens with two attached hydrogens (primary N) is 1. The van der Waals surface area contributed by atoms with Gasteiger partial charge in [0, 0.05) is 15.8 Å². The number of hydrogen-bond acceptors (Lipinski definition) is 3. The molecular formula is C15H15Br2NOS. The third-order valence-corrected chi connectivity index (χ3v) is 6.76. The van der Waals surface area contributed by atoms with E-state index in [4.69, 9.17) is 10.5 Å². The summed E-state index contributed by atoms with van der Waals surface area (Å²) in [4.78, 5) is 1.14. The summed E-state index contributed by atoms with van der Waals surface area (Å²) in [6, 6.07) is 8.25. The first kappa shape index (κ1) is 14.6. The minimum absolute atomic E-state index is 0.100. The maximum Gasteiger partial charge on any atom is 0.123 e. The fraction of sp³-hybridized carbons (Fsp3) is 0.333. The molecule has 0 spiro atoms. The Balaban J connectivity index is 1.92. The highest BCUT2D eigenvalue weighted by Crippen LogP contribution is 2.39. The van der Waals surface area contributed by atoms with Gasteiger partial charge in [-0.3, -0.25) is 0 Å². The number of ether oxygens (including phenoxy) is 1. The molecule has 0 aliphatic carbocycles. The van der Waals surface area contributed by atoms with Crippen LogP contribution in [-0.4, -0.2) is 5.60 Å². The van der Waals surface area contributed by atoms with E-state index in [-0.39, 0.29) is 11.6 Å². The van der Waals surface area contributed by atoms with E-state index in [9.17, 15) is 0 Å². The quantitative estimate of drug-likeness (QED) is 0.744. The molecule has 1 aliphatic heterocycles. The van der Waals surface area contributed by atoms with Crippen molar-refractivity contribution in [3.8, 4) is 5.75 Å². The van der Waals surface area contributed by atoms with Gasteiger partial charge in [0.05, 0.1) is 9.83 Å². The van der Waals surface area contributed by atoms with Gasteiger partial charge in [0.15, 0.2) is 0 Å². The number of rotatable bonds is 2. The fourth-order valence-electron chi connectivity index (χ4n) is 2.50. The topological polar surface area (TPSA) is 35.2 Å². The highest BCUT2D eigenvalue weighted by Gasteiger charge is 2.30. The second kappa shape index (κ2) is 5.13. The molecule has 2 N–H and O–H groups in total. The summed E-state index contributed by atoms with van der Waals surface area (Å²) in [7, 11) is 0. The number of hydrogen-bond donors (Lipinski definition) is 1. The lowest BCUT2D eigenvalue weighted by Gasteiger charge is -2.16. The van der Waals surface area contributed by atoms with Crippen molar-refractivity contribution < 1.29 is 4.74 Å². The Bertz CT molecular complexity index is 646. The lowest BCUT2D eigenvalue weighted by atomic mass is 9.98. The zero-order valence-corrected chi connectivity index (χ0v) is 15.2. The summed E-state index contributed by atoms with van der Waals surface area (Å²) in [6.07, 6.45) is 0.931. The van der Waals surface area contributed by atoms with Crippen LogP contribution in [-0.2, 0) is 6.42 Å². The van der Waals surface area contributed by atoms with Gasteiger partial charge in [0.2, 0.25) is 0 Å². The smallest absolute Gasteiger partial charge is 0.123 e. The Morgan fingerprint density at radius 3 is 2.70 bits per heavy atom. The molecule has 5 heteroatoms. The molecule has 20 heavy (non-hydrogen) atoms. The van der Waals surface area contributed by atoms with E-state index in [1.165, 1.54) is 5.56 Å². The van der Waals surface area contributed by atoms with Gasteiger partial charge in [0.1, 0.15) is 11.4 Å². The van der Waals surface area contributed by atoms with Gasteiger partial charge in [0.25, 0.3) is 0 Å². The molecule has 1 aromatic heterocycles. The molecule has 0 saturated carbocycles. The third kappa shape index (κ3) is 2.69. The molecule has 0 fully saturated rings. The summed E-state index contributed by atoms with van der Waals surface area (Å²) in [5.74, 6) is 0.986. The number of benzene rings is 1. The molecule has 0 bridgehead atoms. The Labute approximate surface area is 139 Å². The van der Waals surface area contributed by atoms with Gasteiger partial charge in [-0.1, -0.05) is 12.1 Å². The van der Waals surface area contributed by atoms with Crippen LogP contribution in [0.4, 0.5) is 0 Å². The molecule has 2 nitrogen and oxygen atoms in total. The summed E-state index contributed by atoms with van der Waals surface area (Å²) >= 11 is 8.69. The van der Waals surface area contributed by atoms with Crippen LogP contribution in [0.1, 0.15) is 35.9 Å². The summed E-state index contributed by atoms with van der Waals surface area (Å²) in [6.45, 7) is 4.22. The van der Waals surface area contributed by atoms with E-state index in [1.807, 2.05) is 6.07 Å². The standard InChI is InChI=1S/C15H15Br2NOS/c1-15(2)7-9-5-8(3-4-11(9)19-15)13(18)12-6-10(16)14(17)20-12/h3-6,13H,7,18H2,1-2H3. The second-order valence-corrected chi connectivity index (χ2v) is 8.91. The molecule has 106 valence electrons. The number of thiophene rings is 1. The molecule has 3 rings (SSSR count). The first-order chi connectivity index (χ1) is 9.35. The normalized spacial score (nSPS) is 17.6. The fourth-order valence-corrected chi connectivity index (χ4v) is 4.62. The summed E-state index contributed by atoms with van der Waals surface area (Å²) < 4.78 is 8.04. The predicted octanol–water partition coefficient (Wildman–Crippen LogP) is 5.03. The largest absolute Gasteiger partial charge is 0.487 e. The van der Waals surface area contributed by atoms with E-state index in [1.54, 1.807) is 11.3 Å². The Morgan fingerprint density at radius 2 is 2.05 bits per heavy atom. The van der Waals surface area contributed by atoms with E-state index in [0.717, 1.165) is 30.9 Å². The van der Waals surface area contributed by atoms with Gasteiger partial charge < -0.3 is 10.5 Å². The summed E-state index contributed by atoms with van der Waals surface area (Å²) in [5, 5.41) is 0. The van der Waals surface area contributed by atoms with Crippen LogP contribution >= 0.6 is 43.2 Å². The van der Waals surface area contributed by atoms with Crippen LogP contribution in [0, 0.1) is 0 Å². The molecule has 1 aliphatic rings. The van der Waals surface area contributed by atoms with Crippen LogP contribution in [0.25, 0.3) is 0 Å². The van der Waals surface area contributed by atoms with Crippen molar-refractivity contribution in [2.45, 2.75) is 31.9 Å². The molecule has 1 unspecified atom stereocenters. The van der Waals surface area contributed by atoms with E-state index >= 15 is 0 Å². The van der Waals surface area contributed by atoms with Gasteiger partial charge in [-0.15, -0.1) is 11.3 Å². The maximum atomic E-state index is 6.39. The van der Waals surface area contributed by atoms with Crippen molar-refractivity contribution in [1.29, 1.82) is 0 Å². The van der Waals surface area contributed by atoms with Crippen molar-refractivity contribution in [2.75, 3.05) is 0 Å². The number of halogens is 2. The van der Waals surface area contributed by atoms with Crippen LogP contribution in [0.15, 0.2) is 32.5 Å². The summed E-state index contributed by atoms with van der Waals surface area (Å²) in [5.41, 5.74) is 8.66. The minimum atomic E-state index is -0.111. The van der Waals surface area contributed by atoms with Crippen LogP contribution in [0.5, 0.6) is 5.75 Å². The Kier molecular flexibility index (Phi) is 3.73. The second-order valence-electron chi connectivity index (χ2n) is 5.65. The van der Waals surface area contributed by atoms with E-state index < -0.39 is 0 Å². The maximum absolute atomic E-state index is 6.39. The van der Waals surface area contributed by atoms with Crippen LogP contribution < -0.4 is 10.5 Å². The van der Waals surface area contributed by atoms with Crippen molar-refractivity contribution >= 4 is 43.2 Å². The minimum Gasteiger partial charge on any atom is -0.487 e. The average molecular weight is 417 g/mol. The first-order valence-electron chi connectivity index (χ1n) is 6.38. The zero-order valence-electron chi connectivity index (χ0n) is 11.2. The lowest BCUT2D eigenvalue weighted by molar-refractivity contribution is 0.138. The third-order valence-electron chi connectivity index (χ3n) is 3.42. The lowest BCUT2D eigenvalue weighted by Crippen LogP contribution is -2.24. The molecule has 0 radical (unpaired) electrons. The predicted molar refractivity (Wildman–Crippen MR) is 90.6 cm³/mol. The molecule has 2 aromatic rings. The van der Waals surface area contributed by atoms with Crippen molar-refractivity contribution in [3.63, 3.8) is 0 Å². The molecule has 1 aromatic carbocycles. The van der Waals surface area contributed by atoms with Gasteiger partial charge >= 0.3 is 0 Å². The van der Waals surface area contributed by atoms with Crippen LogP contribution in [0.2, 0.25) is 0 Å². The van der Waals surface area contributed by atoms with Crippen molar-refractivity contribution in [1.82, 2.24) is 0 Å². The molecular weight excluding hydrogens is 402 g/mol. The van der Waals surface area contributed by atoms with Crippen molar-refractivity contribution in [3.05, 3.63) is 48.5 Å². The van der Waals surface area contributed by atoms with Gasteiger partial charge in [-0.05, 0) is 69.0 Å². The molecule has 1 atom stereocenters. The van der Waals surface area contributed by atoms with E-state index in [2.05, 4.69) is 63.9 Å². The van der Waals surface area contributed by atoms with Crippen LogP contribution in [0.3, 0.4) is 0 Å². The SMILES string of the molecule is CC1(C)Cc2cc(C(N)c3cc(Br)c(Br)s3)ccc2O1. The molecule has 0 saturated heterocycles. The van der Waals surface area contributed by atoms with Crippen molar-refractivity contribution in [2.24, 2.45) is 5.73 Å². The average Bonchev–Trinajstić information content (AvgIpc) is 2.86. The van der Waals surface area contributed by atoms with Gasteiger partial charge in [-0.25, -0.2) is 0 Å². The number of fused-ring (bicyclic) bond motifs is 1. The first-order valence-corrected chi connectivity index (χ1v) is 8.78. The monoisotopic (exact) mass is 415 g/mol. The Hall–Kier alpha value is -0.360. The molecule has 0 amide bonds. The van der Waals surface area contributed by atoms with E-state index in [0.29, 0.717) is 0 Å². The highest BCUT2D eigenvalue weighted by molar-refractivity contribution is 9.13. The zero-order chi connectivity index (χ0) is 14.5. The van der Waals surface area contributed by atoms with Gasteiger partial charge in [-0.2, -0.15) is 0 Å². The Morgan fingerprint density at radius 1 is 1.30 bits per heavy atom. The molecule has 2 heterocycles. The highest BCUT2D eigenvalue weighted by atomic mass is 79.9.